The lowest BCUT2D eigenvalue weighted by atomic mass is 9.73. The Hall–Kier alpha value is -0.0400. The van der Waals surface area contributed by atoms with Gasteiger partial charge in [-0.3, -0.25) is 0 Å². The van der Waals surface area contributed by atoms with Crippen LogP contribution in [0.5, 0.6) is 0 Å². The Labute approximate surface area is 110 Å². The Kier molecular flexibility index (Phi) is 7.39. The summed E-state index contributed by atoms with van der Waals surface area (Å²) < 4.78 is 0. The van der Waals surface area contributed by atoms with Gasteiger partial charge in [-0.2, -0.15) is 0 Å². The van der Waals surface area contributed by atoms with Gasteiger partial charge in [0, 0.05) is 12.1 Å². The SMILES string of the molecule is CCC(CC)CC(CC)(CC)CNC(C)(C)C. The van der Waals surface area contributed by atoms with E-state index >= 15 is 0 Å². The maximum absolute atomic E-state index is 3.72. The van der Waals surface area contributed by atoms with Crippen molar-refractivity contribution in [2.24, 2.45) is 11.3 Å². The number of nitrogens with one attached hydrogen (secondary N) is 1. The second-order valence-corrected chi connectivity index (χ2v) is 6.70. The summed E-state index contributed by atoms with van der Waals surface area (Å²) in [5.41, 5.74) is 0.744. The average Bonchev–Trinajstić information content (AvgIpc) is 2.29. The van der Waals surface area contributed by atoms with Gasteiger partial charge in [0.1, 0.15) is 0 Å². The van der Waals surface area contributed by atoms with E-state index in [-0.39, 0.29) is 5.54 Å². The van der Waals surface area contributed by atoms with Crippen molar-refractivity contribution in [2.45, 2.75) is 86.1 Å². The first-order valence-corrected chi connectivity index (χ1v) is 7.57. The van der Waals surface area contributed by atoms with Crippen LogP contribution in [0, 0.1) is 11.3 Å². The number of rotatable bonds is 8. The minimum atomic E-state index is 0.240. The molecule has 1 N–H and O–H groups in total. The van der Waals surface area contributed by atoms with Crippen LogP contribution in [0.15, 0.2) is 0 Å². The summed E-state index contributed by atoms with van der Waals surface area (Å²) in [7, 11) is 0. The molecular weight excluding hydrogens is 206 g/mol. The molecule has 0 radical (unpaired) electrons. The second-order valence-electron chi connectivity index (χ2n) is 6.70. The minimum Gasteiger partial charge on any atom is -0.312 e. The summed E-state index contributed by atoms with van der Waals surface area (Å²) in [4.78, 5) is 0. The third kappa shape index (κ3) is 6.45. The average molecular weight is 241 g/mol. The van der Waals surface area contributed by atoms with E-state index < -0.39 is 0 Å². The summed E-state index contributed by atoms with van der Waals surface area (Å²) in [5.74, 6) is 0.900. The van der Waals surface area contributed by atoms with E-state index in [9.17, 15) is 0 Å². The molecule has 0 unspecified atom stereocenters. The lowest BCUT2D eigenvalue weighted by Gasteiger charge is -2.38. The van der Waals surface area contributed by atoms with E-state index in [2.05, 4.69) is 53.8 Å². The molecule has 0 atom stereocenters. The van der Waals surface area contributed by atoms with Crippen molar-refractivity contribution in [3.63, 3.8) is 0 Å². The molecule has 0 heterocycles. The zero-order valence-electron chi connectivity index (χ0n) is 13.3. The van der Waals surface area contributed by atoms with Gasteiger partial charge in [-0.1, -0.05) is 40.5 Å². The molecule has 0 saturated heterocycles. The van der Waals surface area contributed by atoms with Crippen LogP contribution >= 0.6 is 0 Å². The molecule has 1 heteroatoms. The van der Waals surface area contributed by atoms with Gasteiger partial charge in [0.2, 0.25) is 0 Å². The van der Waals surface area contributed by atoms with Crippen molar-refractivity contribution in [3.05, 3.63) is 0 Å². The van der Waals surface area contributed by atoms with Crippen LogP contribution in [0.4, 0.5) is 0 Å². The van der Waals surface area contributed by atoms with Crippen LogP contribution in [-0.4, -0.2) is 12.1 Å². The second kappa shape index (κ2) is 7.41. The van der Waals surface area contributed by atoms with Crippen molar-refractivity contribution in [2.75, 3.05) is 6.54 Å². The lowest BCUT2D eigenvalue weighted by molar-refractivity contribution is 0.166. The molecule has 0 rings (SSSR count). The molecule has 0 amide bonds. The molecule has 0 aliphatic carbocycles. The normalized spacial score (nSPS) is 13.4. The molecule has 0 aromatic heterocycles. The molecule has 0 bridgehead atoms. The Balaban J connectivity index is 4.54. The zero-order valence-corrected chi connectivity index (χ0v) is 13.3. The molecule has 0 aromatic carbocycles. The van der Waals surface area contributed by atoms with Crippen molar-refractivity contribution in [3.8, 4) is 0 Å². The van der Waals surface area contributed by atoms with E-state index in [4.69, 9.17) is 0 Å². The molecule has 0 fully saturated rings. The highest BCUT2D eigenvalue weighted by atomic mass is 15.0. The van der Waals surface area contributed by atoms with Crippen LogP contribution in [-0.2, 0) is 0 Å². The number of hydrogen-bond acceptors (Lipinski definition) is 1. The molecule has 0 aromatic rings. The number of hydrogen-bond donors (Lipinski definition) is 1. The van der Waals surface area contributed by atoms with Gasteiger partial charge in [-0.25, -0.2) is 0 Å². The summed E-state index contributed by atoms with van der Waals surface area (Å²) in [6.45, 7) is 17.3. The smallest absolute Gasteiger partial charge is 0.00967 e. The third-order valence-corrected chi connectivity index (χ3v) is 4.37. The summed E-state index contributed by atoms with van der Waals surface area (Å²) in [6.07, 6.45) is 6.63. The Morgan fingerprint density at radius 2 is 1.35 bits per heavy atom. The monoisotopic (exact) mass is 241 g/mol. The van der Waals surface area contributed by atoms with Crippen LogP contribution in [0.25, 0.3) is 0 Å². The molecule has 1 nitrogen and oxygen atoms in total. The minimum absolute atomic E-state index is 0.240. The first-order valence-electron chi connectivity index (χ1n) is 7.57. The van der Waals surface area contributed by atoms with E-state index in [1.165, 1.54) is 38.6 Å². The fraction of sp³-hybridized carbons (Fsp3) is 1.00. The molecule has 0 spiro atoms. The van der Waals surface area contributed by atoms with Gasteiger partial charge in [0.05, 0.1) is 0 Å². The Morgan fingerprint density at radius 1 is 0.882 bits per heavy atom. The van der Waals surface area contributed by atoms with Gasteiger partial charge in [-0.05, 0) is 51.4 Å². The van der Waals surface area contributed by atoms with Gasteiger partial charge < -0.3 is 5.32 Å². The van der Waals surface area contributed by atoms with Crippen LogP contribution < -0.4 is 5.32 Å². The molecule has 104 valence electrons. The highest BCUT2D eigenvalue weighted by Gasteiger charge is 2.29. The lowest BCUT2D eigenvalue weighted by Crippen LogP contribution is -2.44. The van der Waals surface area contributed by atoms with Gasteiger partial charge in [0.15, 0.2) is 0 Å². The van der Waals surface area contributed by atoms with Crippen molar-refractivity contribution in [1.82, 2.24) is 5.32 Å². The van der Waals surface area contributed by atoms with Crippen LogP contribution in [0.3, 0.4) is 0 Å². The molecule has 0 aliphatic rings. The van der Waals surface area contributed by atoms with E-state index in [1.807, 2.05) is 0 Å². The van der Waals surface area contributed by atoms with Crippen molar-refractivity contribution >= 4 is 0 Å². The molecule has 17 heavy (non-hydrogen) atoms. The van der Waals surface area contributed by atoms with Crippen LogP contribution in [0.2, 0.25) is 0 Å². The fourth-order valence-corrected chi connectivity index (χ4v) is 2.50. The standard InChI is InChI=1S/C16H35N/c1-8-14(9-2)12-16(10-3,11-4)13-17-15(5,6)7/h14,17H,8-13H2,1-7H3. The predicted octanol–water partition coefficient (Wildman–Crippen LogP) is 5.01. The highest BCUT2D eigenvalue weighted by molar-refractivity contribution is 4.84. The van der Waals surface area contributed by atoms with Crippen LogP contribution in [0.1, 0.15) is 80.6 Å². The topological polar surface area (TPSA) is 12.0 Å². The van der Waals surface area contributed by atoms with E-state index in [0.717, 1.165) is 5.92 Å². The molecule has 0 saturated carbocycles. The maximum Gasteiger partial charge on any atom is 0.00967 e. The predicted molar refractivity (Wildman–Crippen MR) is 79.5 cm³/mol. The third-order valence-electron chi connectivity index (χ3n) is 4.37. The molecule has 0 aliphatic heterocycles. The summed E-state index contributed by atoms with van der Waals surface area (Å²) >= 11 is 0. The molecular formula is C16H35N. The van der Waals surface area contributed by atoms with Gasteiger partial charge in [0.25, 0.3) is 0 Å². The van der Waals surface area contributed by atoms with E-state index in [0.29, 0.717) is 5.41 Å². The van der Waals surface area contributed by atoms with Crippen molar-refractivity contribution in [1.29, 1.82) is 0 Å². The maximum atomic E-state index is 3.72. The van der Waals surface area contributed by atoms with Gasteiger partial charge in [-0.15, -0.1) is 0 Å². The van der Waals surface area contributed by atoms with E-state index in [1.54, 1.807) is 0 Å². The summed E-state index contributed by atoms with van der Waals surface area (Å²) in [5, 5.41) is 3.72. The largest absolute Gasteiger partial charge is 0.312 e. The fourth-order valence-electron chi connectivity index (χ4n) is 2.50. The highest BCUT2D eigenvalue weighted by Crippen LogP contribution is 2.36. The zero-order chi connectivity index (χ0) is 13.5. The summed E-state index contributed by atoms with van der Waals surface area (Å²) in [6, 6.07) is 0. The first-order chi connectivity index (χ1) is 7.82. The Bertz CT molecular complexity index is 182. The van der Waals surface area contributed by atoms with Gasteiger partial charge >= 0.3 is 0 Å². The quantitative estimate of drug-likeness (QED) is 0.630. The van der Waals surface area contributed by atoms with Crippen molar-refractivity contribution < 1.29 is 0 Å². The first kappa shape index (κ1) is 17.0. The Morgan fingerprint density at radius 3 is 1.65 bits per heavy atom.